The van der Waals surface area contributed by atoms with Crippen molar-refractivity contribution >= 4 is 34.9 Å². The highest BCUT2D eigenvalue weighted by molar-refractivity contribution is 8.14. The third-order valence-electron chi connectivity index (χ3n) is 3.19. The first-order chi connectivity index (χ1) is 12.2. The molecule has 0 spiro atoms. The second-order valence-corrected chi connectivity index (χ2v) is 5.89. The fourth-order valence-electron chi connectivity index (χ4n) is 2.07. The van der Waals surface area contributed by atoms with Gasteiger partial charge in [-0.2, -0.15) is 5.10 Å². The molecule has 1 aromatic heterocycles. The zero-order chi connectivity index (χ0) is 17.6. The number of nitrogens with zero attached hydrogens (tertiary/aromatic N) is 4. The van der Waals surface area contributed by atoms with E-state index in [1.54, 1.807) is 24.0 Å². The van der Waals surface area contributed by atoms with E-state index in [9.17, 15) is 9.59 Å². The summed E-state index contributed by atoms with van der Waals surface area (Å²) in [4.78, 5) is 31.4. The van der Waals surface area contributed by atoms with Crippen LogP contribution in [0.25, 0.3) is 11.8 Å². The Morgan fingerprint density at radius 2 is 2.16 bits per heavy atom. The van der Waals surface area contributed by atoms with Gasteiger partial charge in [-0.15, -0.1) is 0 Å². The van der Waals surface area contributed by atoms with E-state index in [4.69, 9.17) is 4.74 Å². The lowest BCUT2D eigenvalue weighted by atomic mass is 10.2. The minimum atomic E-state index is -0.342. The normalized spacial score (nSPS) is 15.2. The summed E-state index contributed by atoms with van der Waals surface area (Å²) in [5, 5.41) is 7.08. The molecule has 3 rings (SSSR count). The van der Waals surface area contributed by atoms with E-state index in [0.29, 0.717) is 17.5 Å². The number of aliphatic imine (C=N–C) groups is 1. The van der Waals surface area contributed by atoms with Gasteiger partial charge in [0.1, 0.15) is 18.4 Å². The minimum Gasteiger partial charge on any atom is -0.465 e. The first-order valence-electron chi connectivity index (χ1n) is 7.51. The highest BCUT2D eigenvalue weighted by Gasteiger charge is 2.21. The molecule has 1 aliphatic rings. The van der Waals surface area contributed by atoms with E-state index in [-0.39, 0.29) is 17.6 Å². The quantitative estimate of drug-likeness (QED) is 0.641. The molecule has 0 bridgehead atoms. The van der Waals surface area contributed by atoms with E-state index in [0.717, 1.165) is 23.0 Å². The molecule has 1 N–H and O–H groups in total. The molecule has 8 nitrogen and oxygen atoms in total. The Morgan fingerprint density at radius 1 is 1.36 bits per heavy atom. The highest BCUT2D eigenvalue weighted by atomic mass is 32.2. The molecular weight excluding hydrogens is 342 g/mol. The van der Waals surface area contributed by atoms with E-state index < -0.39 is 0 Å². The van der Waals surface area contributed by atoms with Crippen molar-refractivity contribution in [2.24, 2.45) is 4.99 Å². The number of thioether (sulfide) groups is 1. The van der Waals surface area contributed by atoms with Gasteiger partial charge in [0.05, 0.1) is 18.0 Å². The van der Waals surface area contributed by atoms with Gasteiger partial charge in [0.15, 0.2) is 5.17 Å². The zero-order valence-corrected chi connectivity index (χ0v) is 14.2. The molecule has 0 saturated heterocycles. The van der Waals surface area contributed by atoms with Gasteiger partial charge < -0.3 is 4.74 Å². The summed E-state index contributed by atoms with van der Waals surface area (Å²) in [6, 6.07) is 7.45. The van der Waals surface area contributed by atoms with E-state index >= 15 is 0 Å². The number of amides is 1. The lowest BCUT2D eigenvalue weighted by Crippen LogP contribution is -2.23. The number of carbonyl (C=O) groups excluding carboxylic acids is 2. The monoisotopic (exact) mass is 357 g/mol. The smallest absolute Gasteiger partial charge is 0.316 e. The fourth-order valence-corrected chi connectivity index (χ4v) is 2.73. The Morgan fingerprint density at radius 3 is 2.84 bits per heavy atom. The van der Waals surface area contributed by atoms with Crippen LogP contribution in [0.15, 0.2) is 47.6 Å². The van der Waals surface area contributed by atoms with Crippen LogP contribution in [-0.2, 0) is 14.3 Å². The van der Waals surface area contributed by atoms with Gasteiger partial charge in [-0.25, -0.2) is 14.7 Å². The van der Waals surface area contributed by atoms with Gasteiger partial charge in [-0.1, -0.05) is 23.9 Å². The topological polar surface area (TPSA) is 98.5 Å². The largest absolute Gasteiger partial charge is 0.465 e. The van der Waals surface area contributed by atoms with Gasteiger partial charge in [-0.05, 0) is 30.7 Å². The Labute approximate surface area is 148 Å². The van der Waals surface area contributed by atoms with Crippen LogP contribution in [0.4, 0.5) is 0 Å². The van der Waals surface area contributed by atoms with Crippen LogP contribution in [0.5, 0.6) is 0 Å². The first-order valence-corrected chi connectivity index (χ1v) is 8.49. The molecular formula is C16H15N5O3S. The standard InChI is InChI=1S/C16H15N5O3S/c1-2-24-14(22)8-25-16-19-13(15(23)20-16)7-11-3-5-12(6-4-11)21-10-17-9-18-21/h3-7,9-10H,2,8H2,1H3,(H,19,20,23)/b13-7-. The van der Waals surface area contributed by atoms with Gasteiger partial charge in [-0.3, -0.25) is 14.9 Å². The maximum atomic E-state index is 12.0. The van der Waals surface area contributed by atoms with Crippen LogP contribution in [0, 0.1) is 0 Å². The Kier molecular flexibility index (Phi) is 5.24. The van der Waals surface area contributed by atoms with Crippen molar-refractivity contribution in [1.29, 1.82) is 0 Å². The number of rotatable bonds is 5. The van der Waals surface area contributed by atoms with E-state index in [2.05, 4.69) is 20.4 Å². The Bertz CT molecular complexity index is 828. The Balaban J connectivity index is 1.68. The molecule has 1 amide bonds. The maximum Gasteiger partial charge on any atom is 0.316 e. The first kappa shape index (κ1) is 16.9. The minimum absolute atomic E-state index is 0.104. The molecule has 0 unspecified atom stereocenters. The highest BCUT2D eigenvalue weighted by Crippen LogP contribution is 2.17. The van der Waals surface area contributed by atoms with Crippen molar-refractivity contribution in [3.05, 3.63) is 48.2 Å². The molecule has 0 fully saturated rings. The Hall–Kier alpha value is -2.94. The predicted octanol–water partition coefficient (Wildman–Crippen LogP) is 1.39. The molecule has 0 aliphatic carbocycles. The van der Waals surface area contributed by atoms with Crippen molar-refractivity contribution in [1.82, 2.24) is 20.1 Å². The molecule has 1 aliphatic heterocycles. The number of carbonyl (C=O) groups is 2. The summed E-state index contributed by atoms with van der Waals surface area (Å²) in [5.74, 6) is -0.537. The van der Waals surface area contributed by atoms with Crippen LogP contribution in [0.1, 0.15) is 12.5 Å². The number of esters is 1. The van der Waals surface area contributed by atoms with Gasteiger partial charge in [0.25, 0.3) is 5.91 Å². The van der Waals surface area contributed by atoms with E-state index in [1.165, 1.54) is 6.33 Å². The number of nitrogens with one attached hydrogen (secondary N) is 1. The van der Waals surface area contributed by atoms with Crippen LogP contribution in [-0.4, -0.2) is 44.2 Å². The van der Waals surface area contributed by atoms with Crippen molar-refractivity contribution in [3.8, 4) is 5.69 Å². The molecule has 0 atom stereocenters. The van der Waals surface area contributed by atoms with Crippen molar-refractivity contribution < 1.29 is 14.3 Å². The van der Waals surface area contributed by atoms with Gasteiger partial charge in [0, 0.05) is 0 Å². The maximum absolute atomic E-state index is 12.0. The summed E-state index contributed by atoms with van der Waals surface area (Å²) in [6.45, 7) is 2.07. The number of ether oxygens (including phenoxy) is 1. The number of benzene rings is 1. The number of hydrogen-bond acceptors (Lipinski definition) is 7. The summed E-state index contributed by atoms with van der Waals surface area (Å²) in [5.41, 5.74) is 1.99. The zero-order valence-electron chi connectivity index (χ0n) is 13.4. The van der Waals surface area contributed by atoms with Crippen LogP contribution in [0.2, 0.25) is 0 Å². The SMILES string of the molecule is CCOC(=O)CSC1=N/C(=C\c2ccc(-n3cncn3)cc2)C(=O)N1. The molecule has 0 radical (unpaired) electrons. The fraction of sp³-hybridized carbons (Fsp3) is 0.188. The van der Waals surface area contributed by atoms with Gasteiger partial charge >= 0.3 is 5.97 Å². The number of hydrogen-bond donors (Lipinski definition) is 1. The molecule has 25 heavy (non-hydrogen) atoms. The second-order valence-electron chi connectivity index (χ2n) is 4.93. The molecule has 2 heterocycles. The molecule has 2 aromatic rings. The van der Waals surface area contributed by atoms with Crippen LogP contribution in [0.3, 0.4) is 0 Å². The van der Waals surface area contributed by atoms with Crippen molar-refractivity contribution in [2.45, 2.75) is 6.92 Å². The third kappa shape index (κ3) is 4.32. The summed E-state index contributed by atoms with van der Waals surface area (Å²) >= 11 is 1.13. The molecule has 0 saturated carbocycles. The van der Waals surface area contributed by atoms with Gasteiger partial charge in [0.2, 0.25) is 0 Å². The third-order valence-corrected chi connectivity index (χ3v) is 4.03. The van der Waals surface area contributed by atoms with Crippen LogP contribution >= 0.6 is 11.8 Å². The number of aromatic nitrogens is 3. The predicted molar refractivity (Wildman–Crippen MR) is 94.0 cm³/mol. The lowest BCUT2D eigenvalue weighted by Gasteiger charge is -2.00. The second kappa shape index (κ2) is 7.75. The average molecular weight is 357 g/mol. The number of amidine groups is 1. The van der Waals surface area contributed by atoms with Crippen molar-refractivity contribution in [3.63, 3.8) is 0 Å². The average Bonchev–Trinajstić information content (AvgIpc) is 3.25. The summed E-state index contributed by atoms with van der Waals surface area (Å²) < 4.78 is 6.48. The summed E-state index contributed by atoms with van der Waals surface area (Å²) in [7, 11) is 0. The lowest BCUT2D eigenvalue weighted by molar-refractivity contribution is -0.139. The van der Waals surface area contributed by atoms with Crippen LogP contribution < -0.4 is 5.32 Å². The molecule has 1 aromatic carbocycles. The molecule has 9 heteroatoms. The van der Waals surface area contributed by atoms with E-state index in [1.807, 2.05) is 24.3 Å². The summed E-state index contributed by atoms with van der Waals surface area (Å²) in [6.07, 6.45) is 4.75. The van der Waals surface area contributed by atoms with Crippen molar-refractivity contribution in [2.75, 3.05) is 12.4 Å². The molecule has 128 valence electrons.